The first-order valence-electron chi connectivity index (χ1n) is 7.32. The van der Waals surface area contributed by atoms with Crippen LogP contribution < -0.4 is 14.8 Å². The van der Waals surface area contributed by atoms with E-state index >= 15 is 0 Å². The minimum absolute atomic E-state index is 0.00545. The van der Waals surface area contributed by atoms with Crippen molar-refractivity contribution >= 4 is 18.1 Å². The molecule has 0 fully saturated rings. The molecular formula is C17H22FNO6. The third-order valence-electron chi connectivity index (χ3n) is 2.84. The SMILES string of the molecule is COC(=O)/C(=C/c1cc(OC)c(OC)cc1F)NC(=O)OC(C)(C)C. The summed E-state index contributed by atoms with van der Waals surface area (Å²) in [6.07, 6.45) is 0.248. The molecular weight excluding hydrogens is 333 g/mol. The van der Waals surface area contributed by atoms with E-state index < -0.39 is 23.5 Å². The number of carbonyl (C=O) groups excluding carboxylic acids is 2. The average molecular weight is 355 g/mol. The van der Waals surface area contributed by atoms with Crippen LogP contribution in [0.4, 0.5) is 9.18 Å². The summed E-state index contributed by atoms with van der Waals surface area (Å²) in [7, 11) is 3.90. The molecule has 0 heterocycles. The molecule has 8 heteroatoms. The zero-order chi connectivity index (χ0) is 19.2. The standard InChI is InChI=1S/C17H22FNO6/c1-17(2,3)25-16(21)19-12(15(20)24-6)7-10-8-13(22-4)14(23-5)9-11(10)18/h7-9H,1-6H3,(H,19,21)/b12-7-. The van der Waals surface area contributed by atoms with Crippen LogP contribution in [0.15, 0.2) is 17.8 Å². The summed E-state index contributed by atoms with van der Waals surface area (Å²) in [5, 5.41) is 2.25. The Bertz CT molecular complexity index is 678. The molecule has 0 bridgehead atoms. The van der Waals surface area contributed by atoms with E-state index in [0.29, 0.717) is 0 Å². The number of rotatable bonds is 5. The fourth-order valence-electron chi connectivity index (χ4n) is 1.81. The monoisotopic (exact) mass is 355 g/mol. The van der Waals surface area contributed by atoms with Gasteiger partial charge in [0.05, 0.1) is 21.3 Å². The van der Waals surface area contributed by atoms with Gasteiger partial charge in [-0.1, -0.05) is 0 Å². The van der Waals surface area contributed by atoms with Gasteiger partial charge in [0.15, 0.2) is 11.5 Å². The lowest BCUT2D eigenvalue weighted by molar-refractivity contribution is -0.136. The summed E-state index contributed by atoms with van der Waals surface area (Å²) < 4.78 is 34.0. The van der Waals surface area contributed by atoms with Crippen molar-refractivity contribution in [1.29, 1.82) is 0 Å². The van der Waals surface area contributed by atoms with E-state index in [9.17, 15) is 14.0 Å². The lowest BCUT2D eigenvalue weighted by Gasteiger charge is -2.20. The quantitative estimate of drug-likeness (QED) is 0.646. The Kier molecular flexibility index (Phi) is 6.78. The summed E-state index contributed by atoms with van der Waals surface area (Å²) in [5.41, 5.74) is -1.06. The largest absolute Gasteiger partial charge is 0.493 e. The van der Waals surface area contributed by atoms with Crippen LogP contribution >= 0.6 is 0 Å². The molecule has 1 amide bonds. The number of hydrogen-bond acceptors (Lipinski definition) is 6. The molecule has 1 N–H and O–H groups in total. The molecule has 138 valence electrons. The van der Waals surface area contributed by atoms with Gasteiger partial charge in [-0.25, -0.2) is 14.0 Å². The summed E-state index contributed by atoms with van der Waals surface area (Å²) in [4.78, 5) is 23.7. The van der Waals surface area contributed by atoms with Crippen LogP contribution in [-0.4, -0.2) is 39.0 Å². The molecule has 0 aliphatic heterocycles. The lowest BCUT2D eigenvalue weighted by Crippen LogP contribution is -2.34. The van der Waals surface area contributed by atoms with E-state index in [1.165, 1.54) is 20.3 Å². The van der Waals surface area contributed by atoms with Gasteiger partial charge in [-0.05, 0) is 32.9 Å². The minimum Gasteiger partial charge on any atom is -0.493 e. The third kappa shape index (κ3) is 5.98. The number of methoxy groups -OCH3 is 3. The number of halogens is 1. The summed E-state index contributed by atoms with van der Waals surface area (Å²) in [5.74, 6) is -1.08. The van der Waals surface area contributed by atoms with Gasteiger partial charge in [0.25, 0.3) is 0 Å². The number of nitrogens with one attached hydrogen (secondary N) is 1. The van der Waals surface area contributed by atoms with Crippen molar-refractivity contribution in [2.24, 2.45) is 0 Å². The maximum absolute atomic E-state index is 14.2. The second kappa shape index (κ2) is 8.36. The van der Waals surface area contributed by atoms with Gasteiger partial charge >= 0.3 is 12.1 Å². The third-order valence-corrected chi connectivity index (χ3v) is 2.84. The molecule has 0 saturated carbocycles. The maximum atomic E-state index is 14.2. The highest BCUT2D eigenvalue weighted by Crippen LogP contribution is 2.30. The highest BCUT2D eigenvalue weighted by molar-refractivity contribution is 5.96. The van der Waals surface area contributed by atoms with Crippen molar-refractivity contribution < 1.29 is 32.9 Å². The van der Waals surface area contributed by atoms with Crippen LogP contribution in [0.25, 0.3) is 6.08 Å². The normalized spacial score (nSPS) is 11.6. The second-order valence-electron chi connectivity index (χ2n) is 5.91. The minimum atomic E-state index is -0.870. The highest BCUT2D eigenvalue weighted by atomic mass is 19.1. The number of ether oxygens (including phenoxy) is 4. The van der Waals surface area contributed by atoms with Crippen LogP contribution in [0.5, 0.6) is 11.5 Å². The first-order valence-corrected chi connectivity index (χ1v) is 7.32. The Morgan fingerprint density at radius 1 is 1.08 bits per heavy atom. The highest BCUT2D eigenvalue weighted by Gasteiger charge is 2.21. The van der Waals surface area contributed by atoms with Crippen molar-refractivity contribution in [3.63, 3.8) is 0 Å². The zero-order valence-electron chi connectivity index (χ0n) is 15.1. The van der Waals surface area contributed by atoms with Crippen molar-refractivity contribution in [1.82, 2.24) is 5.32 Å². The van der Waals surface area contributed by atoms with Crippen LogP contribution in [0, 0.1) is 5.82 Å². The first-order chi connectivity index (χ1) is 11.6. The van der Waals surface area contributed by atoms with E-state index in [0.717, 1.165) is 19.3 Å². The van der Waals surface area contributed by atoms with Gasteiger partial charge in [-0.2, -0.15) is 0 Å². The number of alkyl carbamates (subject to hydrolysis) is 1. The first kappa shape index (κ1) is 20.3. The topological polar surface area (TPSA) is 83.1 Å². The van der Waals surface area contributed by atoms with E-state index in [2.05, 4.69) is 10.1 Å². The maximum Gasteiger partial charge on any atom is 0.412 e. The summed E-state index contributed by atoms with van der Waals surface area (Å²) in [6, 6.07) is 2.43. The molecule has 7 nitrogen and oxygen atoms in total. The van der Waals surface area contributed by atoms with Crippen LogP contribution in [0.3, 0.4) is 0 Å². The van der Waals surface area contributed by atoms with E-state index in [1.54, 1.807) is 20.8 Å². The van der Waals surface area contributed by atoms with Crippen LogP contribution in [0.1, 0.15) is 26.3 Å². The Balaban J connectivity index is 3.23. The van der Waals surface area contributed by atoms with Gasteiger partial charge in [0.2, 0.25) is 0 Å². The Hall–Kier alpha value is -2.77. The van der Waals surface area contributed by atoms with E-state index in [1.807, 2.05) is 0 Å². The molecule has 1 aromatic rings. The Labute approximate surface area is 145 Å². The average Bonchev–Trinajstić information content (AvgIpc) is 2.52. The summed E-state index contributed by atoms with van der Waals surface area (Å²) in [6.45, 7) is 5.01. The number of esters is 1. The fourth-order valence-corrected chi connectivity index (χ4v) is 1.81. The van der Waals surface area contributed by atoms with E-state index in [4.69, 9.17) is 14.2 Å². The number of hydrogen-bond donors (Lipinski definition) is 1. The lowest BCUT2D eigenvalue weighted by atomic mass is 10.1. The predicted octanol–water partition coefficient (Wildman–Crippen LogP) is 2.88. The van der Waals surface area contributed by atoms with Gasteiger partial charge in [0.1, 0.15) is 17.1 Å². The number of benzene rings is 1. The van der Waals surface area contributed by atoms with Crippen molar-refractivity contribution in [3.8, 4) is 11.5 Å². The van der Waals surface area contributed by atoms with Crippen molar-refractivity contribution in [3.05, 3.63) is 29.2 Å². The van der Waals surface area contributed by atoms with Gasteiger partial charge in [0, 0.05) is 11.6 Å². The van der Waals surface area contributed by atoms with Gasteiger partial charge in [-0.3, -0.25) is 5.32 Å². The number of amides is 1. The zero-order valence-corrected chi connectivity index (χ0v) is 15.1. The van der Waals surface area contributed by atoms with Crippen molar-refractivity contribution in [2.45, 2.75) is 26.4 Å². The van der Waals surface area contributed by atoms with Gasteiger partial charge < -0.3 is 18.9 Å². The Morgan fingerprint density at radius 3 is 2.12 bits per heavy atom. The fraction of sp³-hybridized carbons (Fsp3) is 0.412. The second-order valence-corrected chi connectivity index (χ2v) is 5.91. The molecule has 0 saturated heterocycles. The number of carbonyl (C=O) groups is 2. The molecule has 0 spiro atoms. The Morgan fingerprint density at radius 2 is 1.64 bits per heavy atom. The van der Waals surface area contributed by atoms with Crippen molar-refractivity contribution in [2.75, 3.05) is 21.3 Å². The van der Waals surface area contributed by atoms with Crippen LogP contribution in [0.2, 0.25) is 0 Å². The smallest absolute Gasteiger partial charge is 0.412 e. The molecule has 0 aliphatic carbocycles. The van der Waals surface area contributed by atoms with Crippen LogP contribution in [-0.2, 0) is 14.3 Å². The molecule has 25 heavy (non-hydrogen) atoms. The van der Waals surface area contributed by atoms with Gasteiger partial charge in [-0.15, -0.1) is 0 Å². The molecule has 0 atom stereocenters. The molecule has 0 unspecified atom stereocenters. The summed E-state index contributed by atoms with van der Waals surface area (Å²) >= 11 is 0. The predicted molar refractivity (Wildman–Crippen MR) is 88.9 cm³/mol. The van der Waals surface area contributed by atoms with E-state index in [-0.39, 0.29) is 22.8 Å². The molecule has 0 aliphatic rings. The molecule has 0 aromatic heterocycles. The molecule has 1 rings (SSSR count). The molecule has 0 radical (unpaired) electrons. The molecule has 1 aromatic carbocycles.